The molecule has 10 nitrogen and oxygen atoms in total. The molecule has 178 valence electrons. The minimum atomic E-state index is -3.98. The first-order valence-electron chi connectivity index (χ1n) is 9.93. The average Bonchev–Trinajstić information content (AvgIpc) is 2.80. The van der Waals surface area contributed by atoms with Crippen LogP contribution in [0.3, 0.4) is 0 Å². The van der Waals surface area contributed by atoms with Crippen molar-refractivity contribution in [2.75, 3.05) is 11.8 Å². The van der Waals surface area contributed by atoms with E-state index in [-0.39, 0.29) is 23.7 Å². The van der Waals surface area contributed by atoms with E-state index < -0.39 is 39.8 Å². The zero-order valence-electron chi connectivity index (χ0n) is 18.0. The second-order valence-electron chi connectivity index (χ2n) is 7.23. The Bertz CT molecular complexity index is 1340. The molecule has 1 aromatic carbocycles. The number of hydrogen-bond acceptors (Lipinski definition) is 7. The van der Waals surface area contributed by atoms with Gasteiger partial charge >= 0.3 is 6.09 Å². The number of carbonyl (C=O) groups excluding carboxylic acids is 1. The highest BCUT2D eigenvalue weighted by Crippen LogP contribution is 2.38. The van der Waals surface area contributed by atoms with Gasteiger partial charge in [-0.25, -0.2) is 28.3 Å². The maximum absolute atomic E-state index is 14.9. The van der Waals surface area contributed by atoms with Gasteiger partial charge in [0.2, 0.25) is 5.88 Å². The normalized spacial score (nSPS) is 15.5. The summed E-state index contributed by atoms with van der Waals surface area (Å²) >= 11 is 0. The van der Waals surface area contributed by atoms with Crippen molar-refractivity contribution in [1.29, 1.82) is 0 Å². The van der Waals surface area contributed by atoms with Crippen LogP contribution >= 0.6 is 0 Å². The number of anilines is 1. The Morgan fingerprint density at radius 3 is 2.68 bits per heavy atom. The molecule has 2 N–H and O–H groups in total. The molecule has 3 heterocycles. The first-order chi connectivity index (χ1) is 16.2. The second kappa shape index (κ2) is 9.19. The average molecular weight is 491 g/mol. The highest BCUT2D eigenvalue weighted by Gasteiger charge is 2.33. The summed E-state index contributed by atoms with van der Waals surface area (Å²) in [6.45, 7) is 1.55. The fourth-order valence-electron chi connectivity index (χ4n) is 3.27. The van der Waals surface area contributed by atoms with Gasteiger partial charge in [0.25, 0.3) is 10.2 Å². The zero-order chi connectivity index (χ0) is 24.5. The number of nitrogens with one attached hydrogen (secondary N) is 2. The number of fused-ring (bicyclic) bond motifs is 1. The van der Waals surface area contributed by atoms with E-state index in [4.69, 9.17) is 9.47 Å². The molecule has 3 aromatic rings. The van der Waals surface area contributed by atoms with E-state index in [1.807, 2.05) is 9.44 Å². The number of carbonyl (C=O) groups is 1. The lowest BCUT2D eigenvalue weighted by Gasteiger charge is -2.34. The Kier molecular flexibility index (Phi) is 6.30. The van der Waals surface area contributed by atoms with Crippen molar-refractivity contribution in [3.8, 4) is 17.4 Å². The number of pyridine rings is 2. The van der Waals surface area contributed by atoms with Gasteiger partial charge in [0.15, 0.2) is 11.6 Å². The number of amides is 1. The molecule has 0 saturated carbocycles. The van der Waals surface area contributed by atoms with E-state index in [1.165, 1.54) is 42.4 Å². The van der Waals surface area contributed by atoms with Crippen LogP contribution < -0.4 is 18.9 Å². The van der Waals surface area contributed by atoms with Crippen molar-refractivity contribution in [1.82, 2.24) is 19.6 Å². The van der Waals surface area contributed by atoms with Crippen LogP contribution in [0.25, 0.3) is 0 Å². The summed E-state index contributed by atoms with van der Waals surface area (Å²) in [7, 11) is -2.81. The molecule has 13 heteroatoms. The number of benzene rings is 1. The van der Waals surface area contributed by atoms with Crippen LogP contribution in [-0.2, 0) is 16.8 Å². The molecule has 2 aromatic heterocycles. The zero-order valence-corrected chi connectivity index (χ0v) is 18.8. The van der Waals surface area contributed by atoms with Gasteiger partial charge < -0.3 is 9.47 Å². The van der Waals surface area contributed by atoms with Crippen molar-refractivity contribution in [3.05, 3.63) is 71.6 Å². The number of aromatic nitrogens is 2. The van der Waals surface area contributed by atoms with Crippen molar-refractivity contribution in [2.45, 2.75) is 19.5 Å². The molecule has 34 heavy (non-hydrogen) atoms. The Balaban J connectivity index is 1.55. The van der Waals surface area contributed by atoms with Crippen LogP contribution in [-0.4, -0.2) is 36.4 Å². The van der Waals surface area contributed by atoms with Gasteiger partial charge in [-0.3, -0.25) is 9.62 Å². The maximum atomic E-state index is 14.9. The first-order valence-corrected chi connectivity index (χ1v) is 11.4. The lowest BCUT2D eigenvalue weighted by molar-refractivity contribution is 0.116. The summed E-state index contributed by atoms with van der Waals surface area (Å²) in [5, 5.41) is 0. The second-order valence-corrected chi connectivity index (χ2v) is 8.85. The van der Waals surface area contributed by atoms with Crippen LogP contribution in [0.5, 0.6) is 17.4 Å². The molecule has 1 aliphatic heterocycles. The first kappa shape index (κ1) is 23.3. The van der Waals surface area contributed by atoms with E-state index >= 15 is 0 Å². The molecule has 0 radical (unpaired) electrons. The molecule has 1 aliphatic rings. The highest BCUT2D eigenvalue weighted by molar-refractivity contribution is 7.90. The van der Waals surface area contributed by atoms with E-state index in [0.717, 1.165) is 6.20 Å². The summed E-state index contributed by atoms with van der Waals surface area (Å²) in [5.41, 5.74) is 0.683. The Hall–Kier alpha value is -3.84. The van der Waals surface area contributed by atoms with Crippen molar-refractivity contribution in [2.24, 2.45) is 0 Å². The summed E-state index contributed by atoms with van der Waals surface area (Å²) in [4.78, 5) is 21.5. The van der Waals surface area contributed by atoms with Crippen molar-refractivity contribution in [3.63, 3.8) is 0 Å². The van der Waals surface area contributed by atoms with Gasteiger partial charge in [-0.05, 0) is 31.2 Å². The van der Waals surface area contributed by atoms with E-state index in [0.29, 0.717) is 11.3 Å². The third-order valence-electron chi connectivity index (χ3n) is 5.07. The van der Waals surface area contributed by atoms with Crippen LogP contribution in [0.1, 0.15) is 24.1 Å². The quantitative estimate of drug-likeness (QED) is 0.519. The van der Waals surface area contributed by atoms with E-state index in [1.54, 1.807) is 19.1 Å². The summed E-state index contributed by atoms with van der Waals surface area (Å²) in [6, 6.07) is 8.23. The van der Waals surface area contributed by atoms with Gasteiger partial charge in [-0.1, -0.05) is 0 Å². The number of ether oxygens (including phenoxy) is 2. The molecule has 0 saturated heterocycles. The van der Waals surface area contributed by atoms with Crippen LogP contribution in [0, 0.1) is 11.6 Å². The SMILES string of the molecule is CNS(=O)(=O)Nc1nccc(CN2C(=O)Oc3cc(Oc4ccc(F)cn4)ccc3[C@@H]2C)c1F. The Labute approximate surface area is 193 Å². The predicted octanol–water partition coefficient (Wildman–Crippen LogP) is 3.50. The smallest absolute Gasteiger partial charge is 0.416 e. The molecular weight excluding hydrogens is 472 g/mol. The predicted molar refractivity (Wildman–Crippen MR) is 116 cm³/mol. The fraction of sp³-hybridized carbons (Fsp3) is 0.190. The molecule has 1 atom stereocenters. The largest absolute Gasteiger partial charge is 0.439 e. The van der Waals surface area contributed by atoms with Gasteiger partial charge in [-0.2, -0.15) is 8.42 Å². The standard InChI is InChI=1S/C21H19F2N5O5S/c1-12-16-5-4-15(32-18-6-3-14(22)10-26-18)9-17(16)33-21(29)28(12)11-13-7-8-25-20(19(13)23)27-34(30,31)24-2/h3-10,12,24H,11H2,1-2H3,(H,25,27)/t12-/m0/s1. The molecule has 4 rings (SSSR count). The van der Waals surface area contributed by atoms with E-state index in [9.17, 15) is 22.0 Å². The maximum Gasteiger partial charge on any atom is 0.416 e. The third-order valence-corrected chi connectivity index (χ3v) is 6.07. The van der Waals surface area contributed by atoms with Crippen molar-refractivity contribution >= 4 is 22.1 Å². The molecule has 0 fully saturated rings. The van der Waals surface area contributed by atoms with E-state index in [2.05, 4.69) is 9.97 Å². The van der Waals surface area contributed by atoms with Gasteiger partial charge in [0.1, 0.15) is 17.3 Å². The third kappa shape index (κ3) is 4.89. The minimum Gasteiger partial charge on any atom is -0.439 e. The summed E-state index contributed by atoms with van der Waals surface area (Å²) in [5.74, 6) is -1.17. The molecule has 0 bridgehead atoms. The monoisotopic (exact) mass is 491 g/mol. The number of rotatable bonds is 7. The van der Waals surface area contributed by atoms with Crippen LogP contribution in [0.4, 0.5) is 19.4 Å². The Morgan fingerprint density at radius 2 is 1.97 bits per heavy atom. The molecule has 1 amide bonds. The van der Waals surface area contributed by atoms with Crippen molar-refractivity contribution < 1.29 is 31.5 Å². The number of nitrogens with zero attached hydrogens (tertiary/aromatic N) is 3. The summed E-state index contributed by atoms with van der Waals surface area (Å²) < 4.78 is 66.2. The summed E-state index contributed by atoms with van der Waals surface area (Å²) in [6.07, 6.45) is 1.51. The highest BCUT2D eigenvalue weighted by atomic mass is 32.2. The van der Waals surface area contributed by atoms with Crippen LogP contribution in [0.15, 0.2) is 48.8 Å². The molecule has 0 spiro atoms. The number of hydrogen-bond donors (Lipinski definition) is 2. The lowest BCUT2D eigenvalue weighted by atomic mass is 10.0. The molecule has 0 unspecified atom stereocenters. The van der Waals surface area contributed by atoms with Gasteiger partial charge in [-0.15, -0.1) is 0 Å². The topological polar surface area (TPSA) is 123 Å². The molecular formula is C21H19F2N5O5S. The fourth-order valence-corrected chi connectivity index (χ4v) is 3.77. The minimum absolute atomic E-state index is 0.0402. The van der Waals surface area contributed by atoms with Gasteiger partial charge in [0, 0.05) is 36.5 Å². The van der Waals surface area contributed by atoms with Gasteiger partial charge in [0.05, 0.1) is 18.8 Å². The number of halogens is 2. The molecule has 0 aliphatic carbocycles. The van der Waals surface area contributed by atoms with Crippen LogP contribution in [0.2, 0.25) is 0 Å². The Morgan fingerprint density at radius 1 is 1.18 bits per heavy atom. The lowest BCUT2D eigenvalue weighted by Crippen LogP contribution is -2.39.